The van der Waals surface area contributed by atoms with E-state index in [2.05, 4.69) is 15.3 Å². The molecule has 0 unspecified atom stereocenters. The molecular weight excluding hydrogens is 358 g/mol. The Morgan fingerprint density at radius 2 is 2.04 bits per heavy atom. The van der Waals surface area contributed by atoms with E-state index in [4.69, 9.17) is 16.3 Å². The summed E-state index contributed by atoms with van der Waals surface area (Å²) in [6, 6.07) is 12.9. The highest BCUT2D eigenvalue weighted by Gasteiger charge is 2.08. The second-order valence-electron chi connectivity index (χ2n) is 5.16. The van der Waals surface area contributed by atoms with Gasteiger partial charge in [-0.15, -0.1) is 11.3 Å². The largest absolute Gasteiger partial charge is 0.491 e. The Bertz CT molecular complexity index is 839. The first-order chi connectivity index (χ1) is 12.2. The molecule has 5 nitrogen and oxygen atoms in total. The first-order valence-electron chi connectivity index (χ1n) is 7.72. The lowest BCUT2D eigenvalue weighted by Crippen LogP contribution is -2.24. The molecule has 0 aliphatic carbocycles. The molecule has 3 aromatic rings. The summed E-state index contributed by atoms with van der Waals surface area (Å²) in [5.41, 5.74) is 1.64. The number of aromatic nitrogens is 2. The van der Waals surface area contributed by atoms with Crippen LogP contribution < -0.4 is 10.1 Å². The van der Waals surface area contributed by atoms with Gasteiger partial charge in [0.25, 0.3) is 0 Å². The maximum absolute atomic E-state index is 11.9. The lowest BCUT2D eigenvalue weighted by atomic mass is 10.3. The number of amides is 1. The average molecular weight is 374 g/mol. The van der Waals surface area contributed by atoms with E-state index in [1.165, 1.54) is 11.3 Å². The van der Waals surface area contributed by atoms with Crippen molar-refractivity contribution in [3.05, 3.63) is 64.8 Å². The topological polar surface area (TPSA) is 64.1 Å². The number of hydrogen-bond donors (Lipinski definition) is 1. The van der Waals surface area contributed by atoms with Crippen molar-refractivity contribution in [2.24, 2.45) is 0 Å². The van der Waals surface area contributed by atoms with Gasteiger partial charge in [-0.2, -0.15) is 0 Å². The second-order valence-corrected chi connectivity index (χ2v) is 6.43. The van der Waals surface area contributed by atoms with Gasteiger partial charge in [-0.3, -0.25) is 9.78 Å². The standard InChI is InChI=1S/C18H16ClN3O2S/c19-14-5-1-2-7-16(14)24-10-8-17(23)21-11-13-12-25-18(22-13)15-6-3-4-9-20-15/h1-7,9,12H,8,10-11H2,(H,21,23). The molecule has 3 rings (SSSR count). The van der Waals surface area contributed by atoms with Gasteiger partial charge in [0, 0.05) is 11.6 Å². The number of carbonyl (C=O) groups is 1. The van der Waals surface area contributed by atoms with Crippen molar-refractivity contribution < 1.29 is 9.53 Å². The van der Waals surface area contributed by atoms with Crippen LogP contribution in [0.15, 0.2) is 54.0 Å². The molecule has 0 fully saturated rings. The first kappa shape index (κ1) is 17.4. The fraction of sp³-hybridized carbons (Fsp3) is 0.167. The van der Waals surface area contributed by atoms with Crippen molar-refractivity contribution >= 4 is 28.8 Å². The maximum atomic E-state index is 11.9. The van der Waals surface area contributed by atoms with Gasteiger partial charge in [0.1, 0.15) is 10.8 Å². The van der Waals surface area contributed by atoms with Gasteiger partial charge < -0.3 is 10.1 Å². The number of ether oxygens (including phenoxy) is 1. The first-order valence-corrected chi connectivity index (χ1v) is 8.98. The molecule has 1 aromatic carbocycles. The van der Waals surface area contributed by atoms with Gasteiger partial charge in [-0.1, -0.05) is 29.8 Å². The Hall–Kier alpha value is -2.44. The van der Waals surface area contributed by atoms with E-state index in [1.54, 1.807) is 18.3 Å². The van der Waals surface area contributed by atoms with Gasteiger partial charge in [0.15, 0.2) is 0 Å². The fourth-order valence-electron chi connectivity index (χ4n) is 2.09. The highest BCUT2D eigenvalue weighted by atomic mass is 35.5. The number of halogens is 1. The number of thiazole rings is 1. The van der Waals surface area contributed by atoms with Crippen LogP contribution in [-0.4, -0.2) is 22.5 Å². The van der Waals surface area contributed by atoms with Gasteiger partial charge in [-0.05, 0) is 24.3 Å². The summed E-state index contributed by atoms with van der Waals surface area (Å²) in [6.45, 7) is 0.653. The van der Waals surface area contributed by atoms with Crippen molar-refractivity contribution in [2.75, 3.05) is 6.61 Å². The van der Waals surface area contributed by atoms with Crippen LogP contribution in [0, 0.1) is 0 Å². The summed E-state index contributed by atoms with van der Waals surface area (Å²) in [5.74, 6) is 0.482. The second kappa shape index (κ2) is 8.60. The normalized spacial score (nSPS) is 10.4. The quantitative estimate of drug-likeness (QED) is 0.681. The van der Waals surface area contributed by atoms with Crippen LogP contribution in [0.2, 0.25) is 5.02 Å². The minimum absolute atomic E-state index is 0.0977. The van der Waals surface area contributed by atoms with Crippen molar-refractivity contribution in [3.63, 3.8) is 0 Å². The average Bonchev–Trinajstić information content (AvgIpc) is 3.11. The predicted octanol–water partition coefficient (Wildman–Crippen LogP) is 3.94. The zero-order valence-electron chi connectivity index (χ0n) is 13.3. The molecule has 7 heteroatoms. The van der Waals surface area contributed by atoms with E-state index in [9.17, 15) is 4.79 Å². The minimum atomic E-state index is -0.0977. The zero-order valence-corrected chi connectivity index (χ0v) is 14.9. The predicted molar refractivity (Wildman–Crippen MR) is 98.8 cm³/mol. The van der Waals surface area contributed by atoms with E-state index < -0.39 is 0 Å². The molecule has 0 radical (unpaired) electrons. The summed E-state index contributed by atoms with van der Waals surface area (Å²) in [6.07, 6.45) is 1.99. The molecule has 0 aliphatic rings. The number of nitrogens with one attached hydrogen (secondary N) is 1. The number of benzene rings is 1. The van der Waals surface area contributed by atoms with Crippen molar-refractivity contribution in [3.8, 4) is 16.5 Å². The molecule has 0 saturated carbocycles. The van der Waals surface area contributed by atoms with Crippen LogP contribution in [0.4, 0.5) is 0 Å². The van der Waals surface area contributed by atoms with Gasteiger partial charge >= 0.3 is 0 Å². The third kappa shape index (κ3) is 5.01. The van der Waals surface area contributed by atoms with Crippen molar-refractivity contribution in [2.45, 2.75) is 13.0 Å². The Morgan fingerprint density at radius 1 is 1.20 bits per heavy atom. The van der Waals surface area contributed by atoms with Gasteiger partial charge in [-0.25, -0.2) is 4.98 Å². The van der Waals surface area contributed by atoms with Crippen molar-refractivity contribution in [1.82, 2.24) is 15.3 Å². The van der Waals surface area contributed by atoms with Crippen LogP contribution in [0.25, 0.3) is 10.7 Å². The molecule has 0 atom stereocenters. The Kier molecular flexibility index (Phi) is 5.98. The molecule has 25 heavy (non-hydrogen) atoms. The Labute approximate surface area is 154 Å². The number of nitrogens with zero attached hydrogens (tertiary/aromatic N) is 2. The van der Waals surface area contributed by atoms with Crippen LogP contribution in [-0.2, 0) is 11.3 Å². The fourth-order valence-corrected chi connectivity index (χ4v) is 3.07. The summed E-state index contributed by atoms with van der Waals surface area (Å²) < 4.78 is 5.51. The number of hydrogen-bond acceptors (Lipinski definition) is 5. The summed E-state index contributed by atoms with van der Waals surface area (Å²) in [4.78, 5) is 20.7. The molecule has 0 bridgehead atoms. The van der Waals surface area contributed by atoms with E-state index in [0.717, 1.165) is 16.4 Å². The molecule has 128 valence electrons. The van der Waals surface area contributed by atoms with Crippen LogP contribution in [0.5, 0.6) is 5.75 Å². The van der Waals surface area contributed by atoms with Crippen LogP contribution in [0.3, 0.4) is 0 Å². The molecule has 1 amide bonds. The molecule has 0 aliphatic heterocycles. The number of carbonyl (C=O) groups excluding carboxylic acids is 1. The number of rotatable bonds is 7. The molecule has 0 spiro atoms. The third-order valence-electron chi connectivity index (χ3n) is 3.33. The summed E-state index contributed by atoms with van der Waals surface area (Å²) in [7, 11) is 0. The summed E-state index contributed by atoms with van der Waals surface area (Å²) in [5, 5.41) is 6.13. The minimum Gasteiger partial charge on any atom is -0.491 e. The van der Waals surface area contributed by atoms with Crippen LogP contribution >= 0.6 is 22.9 Å². The van der Waals surface area contributed by atoms with Gasteiger partial charge in [0.05, 0.1) is 36.0 Å². The molecule has 0 saturated heterocycles. The number of pyridine rings is 1. The van der Waals surface area contributed by atoms with Crippen molar-refractivity contribution in [1.29, 1.82) is 0 Å². The smallest absolute Gasteiger partial charge is 0.223 e. The lowest BCUT2D eigenvalue weighted by molar-refractivity contribution is -0.121. The van der Waals surface area contributed by atoms with Crippen LogP contribution in [0.1, 0.15) is 12.1 Å². The monoisotopic (exact) mass is 373 g/mol. The zero-order chi connectivity index (χ0) is 17.5. The molecule has 2 aromatic heterocycles. The summed E-state index contributed by atoms with van der Waals surface area (Å²) >= 11 is 7.50. The molecule has 1 N–H and O–H groups in total. The molecule has 2 heterocycles. The third-order valence-corrected chi connectivity index (χ3v) is 4.55. The van der Waals surface area contributed by atoms with Gasteiger partial charge in [0.2, 0.25) is 5.91 Å². The van der Waals surface area contributed by atoms with E-state index in [0.29, 0.717) is 17.3 Å². The SMILES string of the molecule is O=C(CCOc1ccccc1Cl)NCc1csc(-c2ccccn2)n1. The maximum Gasteiger partial charge on any atom is 0.223 e. The van der Waals surface area contributed by atoms with E-state index >= 15 is 0 Å². The molecular formula is C18H16ClN3O2S. The van der Waals surface area contributed by atoms with E-state index in [1.807, 2.05) is 35.7 Å². The Morgan fingerprint density at radius 3 is 2.84 bits per heavy atom. The van der Waals surface area contributed by atoms with E-state index in [-0.39, 0.29) is 18.9 Å². The highest BCUT2D eigenvalue weighted by molar-refractivity contribution is 7.13. The lowest BCUT2D eigenvalue weighted by Gasteiger charge is -2.07. The Balaban J connectivity index is 1.44. The highest BCUT2D eigenvalue weighted by Crippen LogP contribution is 2.23. The number of para-hydroxylation sites is 1.